The van der Waals surface area contributed by atoms with Crippen molar-refractivity contribution in [1.29, 1.82) is 0 Å². The van der Waals surface area contributed by atoms with Gasteiger partial charge in [-0.15, -0.1) is 0 Å². The third-order valence-electron chi connectivity index (χ3n) is 7.87. The topological polar surface area (TPSA) is 63.7 Å². The smallest absolute Gasteiger partial charge is 0.380 e. The molecule has 4 aliphatic rings. The van der Waals surface area contributed by atoms with Gasteiger partial charge in [-0.2, -0.15) is 21.6 Å². The number of carbonyl (C=O) groups is 1. The zero-order valence-corrected chi connectivity index (χ0v) is 17.4. The second-order valence-electron chi connectivity index (χ2n) is 9.20. The van der Waals surface area contributed by atoms with E-state index in [1.165, 1.54) is 6.08 Å². The normalized spacial score (nSPS) is 39.9. The second-order valence-corrected chi connectivity index (χ2v) is 10.7. The van der Waals surface area contributed by atoms with Crippen molar-refractivity contribution >= 4 is 16.0 Å². The van der Waals surface area contributed by atoms with E-state index < -0.39 is 21.0 Å². The molecule has 1 amide bonds. The summed E-state index contributed by atoms with van der Waals surface area (Å²) < 4.78 is 66.3. The van der Waals surface area contributed by atoms with Crippen LogP contribution in [0.15, 0.2) is 24.0 Å². The zero-order valence-electron chi connectivity index (χ0n) is 16.5. The lowest BCUT2D eigenvalue weighted by molar-refractivity contribution is -0.147. The van der Waals surface area contributed by atoms with Crippen LogP contribution in [0.25, 0.3) is 0 Å². The number of carbonyl (C=O) groups excluding carboxylic acids is 1. The Hall–Kier alpha value is -1.51. The minimum atomic E-state index is -5.67. The molecule has 1 unspecified atom stereocenters. The lowest BCUT2D eigenvalue weighted by atomic mass is 9.53. The molecule has 2 fully saturated rings. The van der Waals surface area contributed by atoms with Crippen LogP contribution in [0.4, 0.5) is 13.2 Å². The van der Waals surface area contributed by atoms with Gasteiger partial charge < -0.3 is 9.08 Å². The first-order chi connectivity index (χ1) is 13.4. The Morgan fingerprint density at radius 3 is 2.59 bits per heavy atom. The van der Waals surface area contributed by atoms with Crippen molar-refractivity contribution in [2.45, 2.75) is 63.4 Å². The summed E-state index contributed by atoms with van der Waals surface area (Å²) in [4.78, 5) is 14.5. The Bertz CT molecular complexity index is 881. The molecule has 1 saturated heterocycles. The van der Waals surface area contributed by atoms with Gasteiger partial charge in [-0.05, 0) is 75.4 Å². The average Bonchev–Trinajstić information content (AvgIpc) is 2.85. The van der Waals surface area contributed by atoms with Gasteiger partial charge in [-0.1, -0.05) is 13.0 Å². The van der Waals surface area contributed by atoms with Gasteiger partial charge in [0.2, 0.25) is 5.91 Å². The van der Waals surface area contributed by atoms with E-state index in [2.05, 4.69) is 11.1 Å². The number of alkyl halides is 3. The lowest BCUT2D eigenvalue weighted by Gasteiger charge is -2.59. The Morgan fingerprint density at radius 2 is 1.90 bits per heavy atom. The van der Waals surface area contributed by atoms with Crippen LogP contribution in [0.5, 0.6) is 0 Å². The predicted molar refractivity (Wildman–Crippen MR) is 99.7 cm³/mol. The number of halogens is 3. The van der Waals surface area contributed by atoms with Gasteiger partial charge in [-0.25, -0.2) is 0 Å². The fourth-order valence-corrected chi connectivity index (χ4v) is 6.94. The number of allylic oxidation sites excluding steroid dienone is 3. The van der Waals surface area contributed by atoms with Gasteiger partial charge in [0.05, 0.1) is 0 Å². The molecule has 2 aliphatic heterocycles. The predicted octanol–water partition coefficient (Wildman–Crippen LogP) is 4.13. The van der Waals surface area contributed by atoms with E-state index in [1.807, 2.05) is 17.9 Å². The van der Waals surface area contributed by atoms with Gasteiger partial charge in [-0.3, -0.25) is 4.79 Å². The molecule has 9 heteroatoms. The molecule has 0 aromatic rings. The highest BCUT2D eigenvalue weighted by Gasteiger charge is 2.60. The fourth-order valence-electron chi connectivity index (χ4n) is 6.35. The van der Waals surface area contributed by atoms with Crippen molar-refractivity contribution in [1.82, 2.24) is 4.90 Å². The summed E-state index contributed by atoms with van der Waals surface area (Å²) in [5.41, 5.74) is -6.45. The number of hydrogen-bond donors (Lipinski definition) is 0. The molecule has 29 heavy (non-hydrogen) atoms. The molecule has 0 N–H and O–H groups in total. The summed E-state index contributed by atoms with van der Waals surface area (Å²) in [5, 5.41) is 0. The molecule has 5 nitrogen and oxygen atoms in total. The summed E-state index contributed by atoms with van der Waals surface area (Å²) in [6.45, 7) is 4.57. The van der Waals surface area contributed by atoms with Crippen LogP contribution in [0.2, 0.25) is 0 Å². The number of nitrogens with zero attached hydrogens (tertiary/aromatic N) is 1. The fraction of sp³-hybridized carbons (Fsp3) is 0.750. The first kappa shape index (κ1) is 20.8. The molecule has 4 rings (SSSR count). The third-order valence-corrected chi connectivity index (χ3v) is 8.84. The monoisotopic (exact) mass is 433 g/mol. The average molecular weight is 433 g/mol. The van der Waals surface area contributed by atoms with Crippen molar-refractivity contribution in [3.05, 3.63) is 24.0 Å². The summed E-state index contributed by atoms with van der Waals surface area (Å²) in [6, 6.07) is 0. The maximum atomic E-state index is 12.8. The van der Waals surface area contributed by atoms with Crippen molar-refractivity contribution in [3.8, 4) is 0 Å². The molecular formula is C20H26F3NO4S. The van der Waals surface area contributed by atoms with E-state index in [0.29, 0.717) is 19.4 Å². The summed E-state index contributed by atoms with van der Waals surface area (Å²) in [5.74, 6) is 0.438. The third kappa shape index (κ3) is 3.02. The first-order valence-corrected chi connectivity index (χ1v) is 11.5. The van der Waals surface area contributed by atoms with Crippen LogP contribution in [0.3, 0.4) is 0 Å². The molecule has 0 aromatic heterocycles. The zero-order chi connectivity index (χ0) is 21.2. The summed E-state index contributed by atoms with van der Waals surface area (Å²) in [7, 11) is -5.67. The lowest BCUT2D eigenvalue weighted by Crippen LogP contribution is -2.62. The number of rotatable bonds is 2. The molecule has 162 valence electrons. The van der Waals surface area contributed by atoms with E-state index >= 15 is 0 Å². The van der Waals surface area contributed by atoms with Crippen molar-refractivity contribution < 1.29 is 30.6 Å². The highest BCUT2D eigenvalue weighted by molar-refractivity contribution is 7.87. The Labute approximate surface area is 169 Å². The molecule has 2 heterocycles. The van der Waals surface area contributed by atoms with Crippen LogP contribution in [-0.4, -0.2) is 36.8 Å². The van der Waals surface area contributed by atoms with E-state index in [-0.39, 0.29) is 35.0 Å². The van der Waals surface area contributed by atoms with Gasteiger partial charge in [0.15, 0.2) is 0 Å². The number of amides is 1. The molecule has 0 bridgehead atoms. The molecule has 0 spiro atoms. The number of hydrogen-bond acceptors (Lipinski definition) is 4. The first-order valence-electron chi connectivity index (χ1n) is 10.1. The largest absolute Gasteiger partial charge is 0.534 e. The maximum absolute atomic E-state index is 12.8. The van der Waals surface area contributed by atoms with Gasteiger partial charge in [0.25, 0.3) is 0 Å². The van der Waals surface area contributed by atoms with Gasteiger partial charge >= 0.3 is 15.6 Å². The molecular weight excluding hydrogens is 407 g/mol. The van der Waals surface area contributed by atoms with E-state index in [1.54, 1.807) is 6.08 Å². The van der Waals surface area contributed by atoms with Gasteiger partial charge in [0.1, 0.15) is 5.76 Å². The minimum Gasteiger partial charge on any atom is -0.380 e. The van der Waals surface area contributed by atoms with E-state index in [9.17, 15) is 26.4 Å². The highest BCUT2D eigenvalue weighted by atomic mass is 32.2. The molecule has 0 radical (unpaired) electrons. The number of fused-ring (bicyclic) bond motifs is 5. The van der Waals surface area contributed by atoms with Gasteiger partial charge in [0, 0.05) is 17.5 Å². The maximum Gasteiger partial charge on any atom is 0.534 e. The van der Waals surface area contributed by atoms with Crippen molar-refractivity contribution in [3.63, 3.8) is 0 Å². The summed E-state index contributed by atoms with van der Waals surface area (Å²) in [6.07, 6.45) is 9.32. The van der Waals surface area contributed by atoms with Crippen LogP contribution < -0.4 is 0 Å². The Morgan fingerprint density at radius 1 is 1.17 bits per heavy atom. The van der Waals surface area contributed by atoms with E-state index in [4.69, 9.17) is 0 Å². The SMILES string of the molecule is C[C@]12CCC3[C@@H](CCN4C(=O)C=CCC[C@]34C)[C@@H]1CC=C2OS(=O)(=O)C(F)(F)F. The van der Waals surface area contributed by atoms with E-state index in [0.717, 1.165) is 25.7 Å². The van der Waals surface area contributed by atoms with Crippen LogP contribution in [-0.2, 0) is 19.1 Å². The van der Waals surface area contributed by atoms with Crippen molar-refractivity contribution in [2.24, 2.45) is 23.2 Å². The van der Waals surface area contributed by atoms with Crippen LogP contribution >= 0.6 is 0 Å². The molecule has 1 saturated carbocycles. The number of piperidine rings is 1. The van der Waals surface area contributed by atoms with Crippen LogP contribution in [0, 0.1) is 23.2 Å². The van der Waals surface area contributed by atoms with Crippen LogP contribution in [0.1, 0.15) is 52.4 Å². The molecule has 0 aromatic carbocycles. The quantitative estimate of drug-likeness (QED) is 0.485. The molecule has 2 aliphatic carbocycles. The Balaban J connectivity index is 1.60. The highest BCUT2D eigenvalue weighted by Crippen LogP contribution is 2.62. The van der Waals surface area contributed by atoms with Crippen molar-refractivity contribution in [2.75, 3.05) is 6.54 Å². The Kier molecular flexibility index (Phi) is 4.65. The molecule has 5 atom stereocenters. The second kappa shape index (κ2) is 6.49. The standard InChI is InChI=1S/C20H26F3NO4S/c1-18-11-8-15-13(9-12-24-17(25)5-3-4-10-19(15,24)2)14(18)6-7-16(18)28-29(26,27)20(21,22)23/h3,5,7,13-15H,4,6,8-12H2,1-2H3/t13-,14-,15?,18-,19+/m0/s1. The minimum absolute atomic E-state index is 0.0185. The summed E-state index contributed by atoms with van der Waals surface area (Å²) >= 11 is 0.